The number of hydrogen-bond donors (Lipinski definition) is 0. The van der Waals surface area contributed by atoms with Crippen LogP contribution in [0.2, 0.25) is 0 Å². The van der Waals surface area contributed by atoms with Crippen molar-refractivity contribution in [2.24, 2.45) is 0 Å². The summed E-state index contributed by atoms with van der Waals surface area (Å²) in [7, 11) is 0. The molecule has 0 bridgehead atoms. The summed E-state index contributed by atoms with van der Waals surface area (Å²) in [6.45, 7) is 14.4. The van der Waals surface area contributed by atoms with E-state index in [2.05, 4.69) is 199 Å². The molecule has 8 rings (SSSR count). The van der Waals surface area contributed by atoms with Gasteiger partial charge in [0.15, 0.2) is 0 Å². The summed E-state index contributed by atoms with van der Waals surface area (Å²) in [4.78, 5) is 0. The molecule has 1 unspecified atom stereocenters. The molecule has 2 aliphatic carbocycles. The molecule has 0 fully saturated rings. The molecule has 0 saturated heterocycles. The average Bonchev–Trinajstić information content (AvgIpc) is 3.80. The van der Waals surface area contributed by atoms with Crippen LogP contribution in [0.4, 0.5) is 0 Å². The van der Waals surface area contributed by atoms with Crippen LogP contribution in [-0.2, 0) is 33.6 Å². The van der Waals surface area contributed by atoms with E-state index in [4.69, 9.17) is 0 Å². The van der Waals surface area contributed by atoms with Gasteiger partial charge in [-0.05, 0) is 0 Å². The van der Waals surface area contributed by atoms with E-state index < -0.39 is 22.8 Å². The molecule has 6 aromatic rings. The third-order valence-electron chi connectivity index (χ3n) is 10.7. The molecule has 1 atom stereocenters. The Kier molecular flexibility index (Phi) is 11.9. The molecule has 0 nitrogen and oxygen atoms in total. The molecule has 0 spiro atoms. The Morgan fingerprint density at radius 1 is 0.556 bits per heavy atom. The smallest absolute Gasteiger partial charge is 1.00 e. The van der Waals surface area contributed by atoms with Crippen molar-refractivity contribution in [2.45, 2.75) is 62.4 Å². The van der Waals surface area contributed by atoms with Gasteiger partial charge in [0.2, 0.25) is 0 Å². The molecule has 0 aromatic heterocycles. The average molecular weight is 822 g/mol. The molecule has 0 amide bonds. The third kappa shape index (κ3) is 7.41. The molecule has 54 heavy (non-hydrogen) atoms. The van der Waals surface area contributed by atoms with Crippen LogP contribution < -0.4 is 24.8 Å². The van der Waals surface area contributed by atoms with Crippen LogP contribution in [0.3, 0.4) is 0 Å². The molecule has 2 aliphatic rings. The van der Waals surface area contributed by atoms with Gasteiger partial charge in [0.05, 0.1) is 0 Å². The van der Waals surface area contributed by atoms with E-state index in [1.807, 2.05) is 0 Å². The molecule has 269 valence electrons. The molecule has 6 aromatic carbocycles. The minimum Gasteiger partial charge on any atom is -1.00 e. The monoisotopic (exact) mass is 819 g/mol. The Morgan fingerprint density at radius 2 is 1.07 bits per heavy atom. The second kappa shape index (κ2) is 16.1. The van der Waals surface area contributed by atoms with E-state index in [1.54, 1.807) is 8.77 Å². The summed E-state index contributed by atoms with van der Waals surface area (Å²) >= 11 is -1.40. The van der Waals surface area contributed by atoms with E-state index >= 15 is 0 Å². The van der Waals surface area contributed by atoms with Crippen molar-refractivity contribution in [3.8, 4) is 33.4 Å². The topological polar surface area (TPSA) is 0 Å². The van der Waals surface area contributed by atoms with Gasteiger partial charge in [-0.15, -0.1) is 0 Å². The van der Waals surface area contributed by atoms with Crippen molar-refractivity contribution in [2.75, 3.05) is 0 Å². The maximum Gasteiger partial charge on any atom is -1.00 e. The van der Waals surface area contributed by atoms with Gasteiger partial charge in [0, 0.05) is 0 Å². The van der Waals surface area contributed by atoms with E-state index in [0.29, 0.717) is 3.63 Å². The van der Waals surface area contributed by atoms with Gasteiger partial charge in [0.1, 0.15) is 0 Å². The van der Waals surface area contributed by atoms with Gasteiger partial charge in [-0.2, -0.15) is 0 Å². The van der Waals surface area contributed by atoms with Gasteiger partial charge in [-0.25, -0.2) is 0 Å². The number of allylic oxidation sites excluding steroid dienone is 4. The van der Waals surface area contributed by atoms with Crippen LogP contribution in [0.25, 0.3) is 39.0 Å². The SMILES string of the molecule is CC(C)(C)c1ccc2c(c1)[CH]([Zr+2]=[C](c1ccccc1)c1ccccc1)c1c(C3=CC=CC3)c(C(C)(C)C)c(-c3ccccc3)c(-c3ccccc3)c1-2.[Cl-].[Cl-]. The van der Waals surface area contributed by atoms with E-state index in [0.717, 1.165) is 6.42 Å². The van der Waals surface area contributed by atoms with Gasteiger partial charge in [0.25, 0.3) is 0 Å². The largest absolute Gasteiger partial charge is 1.00 e. The molecular weight excluding hydrogens is 775 g/mol. The van der Waals surface area contributed by atoms with E-state index in [9.17, 15) is 0 Å². The zero-order valence-electron chi connectivity index (χ0n) is 32.1. The van der Waals surface area contributed by atoms with Gasteiger partial charge in [-0.3, -0.25) is 0 Å². The van der Waals surface area contributed by atoms with Gasteiger partial charge < -0.3 is 24.8 Å². The van der Waals surface area contributed by atoms with Crippen molar-refractivity contribution in [1.82, 2.24) is 0 Å². The Bertz CT molecular complexity index is 2320. The minimum atomic E-state index is -1.40. The zero-order chi connectivity index (χ0) is 36.0. The number of halogens is 2. The zero-order valence-corrected chi connectivity index (χ0v) is 36.0. The summed E-state index contributed by atoms with van der Waals surface area (Å²) in [5.41, 5.74) is 19.8. The Balaban J connectivity index is 0.00000249. The normalized spacial score (nSPS) is 14.3. The van der Waals surface area contributed by atoms with E-state index in [1.165, 1.54) is 72.3 Å². The summed E-state index contributed by atoms with van der Waals surface area (Å²) < 4.78 is 1.89. The number of hydrogen-bond acceptors (Lipinski definition) is 0. The first-order chi connectivity index (χ1) is 25.1. The Morgan fingerprint density at radius 3 is 1.56 bits per heavy atom. The Hall–Kier alpha value is -3.87. The van der Waals surface area contributed by atoms with Crippen LogP contribution in [-0.4, -0.2) is 3.21 Å². The molecule has 3 heteroatoms. The van der Waals surface area contributed by atoms with Crippen LogP contribution >= 0.6 is 0 Å². The van der Waals surface area contributed by atoms with Crippen molar-refractivity contribution >= 4 is 8.78 Å². The quantitative estimate of drug-likeness (QED) is 0.165. The molecule has 0 N–H and O–H groups in total. The minimum absolute atomic E-state index is 0. The second-order valence-electron chi connectivity index (χ2n) is 16.3. The molecule has 0 saturated carbocycles. The summed E-state index contributed by atoms with van der Waals surface area (Å²) in [5, 5.41) is 0. The fraction of sp³-hybridized carbons (Fsp3) is 0.196. The first-order valence-corrected chi connectivity index (χ1v) is 21.4. The predicted octanol–water partition coefficient (Wildman–Crippen LogP) is 7.39. The summed E-state index contributed by atoms with van der Waals surface area (Å²) in [6, 6.07) is 52.5. The number of rotatable bonds is 6. The maximum absolute atomic E-state index is 2.60. The first kappa shape index (κ1) is 39.8. The van der Waals surface area contributed by atoms with Crippen molar-refractivity contribution in [1.29, 1.82) is 0 Å². The van der Waals surface area contributed by atoms with Crippen molar-refractivity contribution in [3.05, 3.63) is 197 Å². The number of benzene rings is 6. The third-order valence-corrected chi connectivity index (χ3v) is 15.0. The van der Waals surface area contributed by atoms with Crippen LogP contribution in [0.5, 0.6) is 0 Å². The second-order valence-corrected chi connectivity index (χ2v) is 19.7. The van der Waals surface area contributed by atoms with Crippen LogP contribution in [0.15, 0.2) is 158 Å². The number of fused-ring (bicyclic) bond motifs is 3. The maximum atomic E-state index is 2.60. The first-order valence-electron chi connectivity index (χ1n) is 18.7. The fourth-order valence-electron chi connectivity index (χ4n) is 8.33. The molecule has 0 heterocycles. The van der Waals surface area contributed by atoms with Crippen molar-refractivity contribution < 1.29 is 47.6 Å². The molecular formula is C51H47Cl2Zr. The standard InChI is InChI=1S/C38H37.C13H10.2ClH.Zr/c1-37(2,3)29-21-22-30-28(23-29)24-31-32(25-19-13-14-20-25)36(38(4,5)6)34(27-17-11-8-12-18-27)33(35(30)31)26-15-9-7-10-16-26;1-3-7-12(8-4-1)11-13-9-5-2-6-10-13;;;/h7-19,21-24H,20H2,1-6H3;1-10H;2*1H;/q;;;;+2/p-2. The van der Waals surface area contributed by atoms with Crippen LogP contribution in [0, 0.1) is 0 Å². The summed E-state index contributed by atoms with van der Waals surface area (Å²) in [6.07, 6.45) is 8.00. The van der Waals surface area contributed by atoms with Crippen molar-refractivity contribution in [3.63, 3.8) is 0 Å². The van der Waals surface area contributed by atoms with Crippen LogP contribution in [0.1, 0.15) is 90.5 Å². The summed E-state index contributed by atoms with van der Waals surface area (Å²) in [5.74, 6) is 0. The van der Waals surface area contributed by atoms with Gasteiger partial charge in [-0.1, -0.05) is 0 Å². The molecule has 0 radical (unpaired) electrons. The Labute approximate surface area is 346 Å². The fourth-order valence-corrected chi connectivity index (χ4v) is 12.7. The van der Waals surface area contributed by atoms with E-state index in [-0.39, 0.29) is 35.6 Å². The predicted molar refractivity (Wildman–Crippen MR) is 220 cm³/mol. The van der Waals surface area contributed by atoms with Gasteiger partial charge >= 0.3 is 324 Å². The molecule has 0 aliphatic heterocycles.